The number of fused-ring (bicyclic) bond motifs is 9. The smallest absolute Gasteiger partial charge is 0.206 e. The molecule has 10 aromatic rings. The van der Waals surface area contributed by atoms with Crippen LogP contribution < -0.4 is 4.57 Å². The van der Waals surface area contributed by atoms with E-state index in [1.54, 1.807) is 0 Å². The molecule has 64 heavy (non-hydrogen) atoms. The molecule has 0 aliphatic carbocycles. The third-order valence-electron chi connectivity index (χ3n) is 12.7. The van der Waals surface area contributed by atoms with E-state index in [0.717, 1.165) is 53.3 Å². The van der Waals surface area contributed by atoms with Crippen LogP contribution in [0.5, 0.6) is 0 Å². The van der Waals surface area contributed by atoms with Crippen LogP contribution in [0.3, 0.4) is 0 Å². The molecular weight excluding hydrogens is 809 g/mol. The van der Waals surface area contributed by atoms with E-state index in [1.165, 1.54) is 65.4 Å². The predicted octanol–water partition coefficient (Wildman–Crippen LogP) is 12.8. The van der Waals surface area contributed by atoms with Crippen molar-refractivity contribution in [2.45, 2.75) is 53.4 Å². The van der Waals surface area contributed by atoms with Crippen molar-refractivity contribution < 1.29 is 17.5 Å². The van der Waals surface area contributed by atoms with E-state index in [0.29, 0.717) is 6.54 Å². The molecule has 4 heterocycles. The number of para-hydroxylation sites is 3. The van der Waals surface area contributed by atoms with Gasteiger partial charge in [0.2, 0.25) is 11.4 Å². The van der Waals surface area contributed by atoms with E-state index < -0.39 is 15.9 Å². The maximum atomic E-state index is 11.9. The molecule has 0 unspecified atom stereocenters. The van der Waals surface area contributed by atoms with Crippen molar-refractivity contribution in [2.75, 3.05) is 5.75 Å². The Hall–Kier alpha value is -7.00. The number of hydrogen-bond donors (Lipinski definition) is 0. The van der Waals surface area contributed by atoms with E-state index in [9.17, 15) is 13.0 Å². The van der Waals surface area contributed by atoms with Crippen LogP contribution in [-0.2, 0) is 36.3 Å². The van der Waals surface area contributed by atoms with Gasteiger partial charge in [-0.05, 0) is 110 Å². The molecule has 0 spiro atoms. The van der Waals surface area contributed by atoms with Crippen molar-refractivity contribution in [1.82, 2.24) is 13.7 Å². The Kier molecular flexibility index (Phi) is 10.9. The lowest BCUT2D eigenvalue weighted by Crippen LogP contribution is -2.41. The summed E-state index contributed by atoms with van der Waals surface area (Å²) in [4.78, 5) is 0. The number of benzene rings is 6. The van der Waals surface area contributed by atoms with Gasteiger partial charge in [0.15, 0.2) is 6.54 Å². The van der Waals surface area contributed by atoms with Crippen molar-refractivity contribution >= 4 is 112 Å². The van der Waals surface area contributed by atoms with E-state index in [-0.39, 0.29) is 6.42 Å². The summed E-state index contributed by atoms with van der Waals surface area (Å²) in [5.74, 6) is -0.443. The van der Waals surface area contributed by atoms with Crippen LogP contribution in [0.2, 0.25) is 0 Å². The molecule has 0 radical (unpaired) electrons. The molecule has 6 aromatic carbocycles. The molecule has 0 saturated heterocycles. The number of pyridine rings is 1. The summed E-state index contributed by atoms with van der Waals surface area (Å²) in [7, 11) is -4.40. The lowest BCUT2D eigenvalue weighted by Gasteiger charge is -2.09. The zero-order valence-corrected chi connectivity index (χ0v) is 37.2. The van der Waals surface area contributed by atoms with Gasteiger partial charge in [0, 0.05) is 122 Å². The van der Waals surface area contributed by atoms with Gasteiger partial charge < -0.3 is 18.3 Å². The fourth-order valence-corrected chi connectivity index (χ4v) is 10.3. The average molecular weight is 859 g/mol. The highest BCUT2D eigenvalue weighted by Crippen LogP contribution is 2.33. The highest BCUT2D eigenvalue weighted by Gasteiger charge is 2.18. The monoisotopic (exact) mass is 858 g/mol. The minimum atomic E-state index is -4.40. The number of aryl methyl sites for hydroxylation is 3. The van der Waals surface area contributed by atoms with Crippen molar-refractivity contribution in [3.8, 4) is 0 Å². The third-order valence-corrected chi connectivity index (χ3v) is 13.5. The lowest BCUT2D eigenvalue weighted by atomic mass is 10.1. The molecule has 0 amide bonds. The minimum absolute atomic E-state index is 0.184. The summed E-state index contributed by atoms with van der Waals surface area (Å²) >= 11 is 0. The minimum Gasteiger partial charge on any atom is -0.748 e. The van der Waals surface area contributed by atoms with Crippen LogP contribution in [0.25, 0.3) is 102 Å². The van der Waals surface area contributed by atoms with E-state index in [4.69, 9.17) is 0 Å². The Balaban J connectivity index is 1.10. The largest absolute Gasteiger partial charge is 0.748 e. The van der Waals surface area contributed by atoms with Crippen LogP contribution in [0.1, 0.15) is 60.8 Å². The van der Waals surface area contributed by atoms with Crippen molar-refractivity contribution in [3.63, 3.8) is 0 Å². The normalized spacial score (nSPS) is 12.7. The number of aromatic nitrogens is 4. The van der Waals surface area contributed by atoms with Crippen LogP contribution in [0.15, 0.2) is 140 Å². The van der Waals surface area contributed by atoms with Gasteiger partial charge in [-0.3, -0.25) is 0 Å². The Morgan fingerprint density at radius 2 is 0.781 bits per heavy atom. The Labute approximate surface area is 373 Å². The zero-order valence-electron chi connectivity index (χ0n) is 36.4. The maximum Gasteiger partial charge on any atom is 0.206 e. The second kappa shape index (κ2) is 16.9. The molecule has 8 heteroatoms. The topological polar surface area (TPSA) is 75.9 Å². The predicted molar refractivity (Wildman–Crippen MR) is 268 cm³/mol. The molecule has 7 nitrogen and oxygen atoms in total. The number of rotatable bonds is 13. The van der Waals surface area contributed by atoms with Gasteiger partial charge >= 0.3 is 0 Å². The zero-order chi connectivity index (χ0) is 44.0. The van der Waals surface area contributed by atoms with Gasteiger partial charge in [0.1, 0.15) is 0 Å². The second-order valence-electron chi connectivity index (χ2n) is 16.5. The SMILES string of the molecule is CCn1c2ccccc2c2cc(/C=C/c3cc(/C=C/c4ccc5c(c4)c4ccccc4n5CC)[n+](CCCS(=O)(=O)[O-])c(/C=C/c4ccc5c(c4)c4ccccc4n5CC)c3)ccc21. The molecule has 10 rings (SSSR count). The first kappa shape index (κ1) is 41.0. The van der Waals surface area contributed by atoms with Crippen LogP contribution in [-0.4, -0.2) is 32.4 Å². The molecule has 0 atom stereocenters. The molecule has 0 aliphatic rings. The molecule has 318 valence electrons. The van der Waals surface area contributed by atoms with Gasteiger partial charge in [0.05, 0.1) is 10.1 Å². The molecule has 0 fully saturated rings. The summed E-state index contributed by atoms with van der Waals surface area (Å²) in [5, 5.41) is 7.31. The molecule has 0 bridgehead atoms. The van der Waals surface area contributed by atoms with Gasteiger partial charge in [0.25, 0.3) is 0 Å². The van der Waals surface area contributed by atoms with Crippen LogP contribution in [0, 0.1) is 0 Å². The third kappa shape index (κ3) is 7.63. The van der Waals surface area contributed by atoms with E-state index >= 15 is 0 Å². The highest BCUT2D eigenvalue weighted by atomic mass is 32.2. The Bertz CT molecular complexity index is 3490. The molecule has 4 aromatic heterocycles. The molecule has 0 N–H and O–H groups in total. The van der Waals surface area contributed by atoms with Gasteiger partial charge in [-0.25, -0.2) is 8.42 Å². The van der Waals surface area contributed by atoms with Crippen molar-refractivity contribution in [1.29, 1.82) is 0 Å². The Morgan fingerprint density at radius 3 is 1.16 bits per heavy atom. The summed E-state index contributed by atoms with van der Waals surface area (Å²) < 4.78 is 44.9. The standard InChI is InChI=1S/C56H50N4O3S/c1-4-57-51-17-10-7-14-45(51)48-36-39(24-29-54(48)57)20-21-42-34-43(27-22-40-25-30-55-49(37-40)46-15-8-11-18-52(46)58(55)5-2)60(32-13-33-64(61,62)63)44(35-42)28-23-41-26-31-56-50(38-41)47-16-9-12-19-53(47)59(56)6-3/h7-12,14-31,34-38H,4-6,13,32-33H2,1-3H3. The maximum absolute atomic E-state index is 11.9. The van der Waals surface area contributed by atoms with E-state index in [2.05, 4.69) is 215 Å². The van der Waals surface area contributed by atoms with Gasteiger partial charge in [-0.15, -0.1) is 0 Å². The number of hydrogen-bond acceptors (Lipinski definition) is 3. The van der Waals surface area contributed by atoms with E-state index in [1.807, 2.05) is 0 Å². The lowest BCUT2D eigenvalue weighted by molar-refractivity contribution is -0.700. The van der Waals surface area contributed by atoms with Crippen LogP contribution in [0.4, 0.5) is 0 Å². The molecule has 0 aliphatic heterocycles. The van der Waals surface area contributed by atoms with Crippen molar-refractivity contribution in [3.05, 3.63) is 173 Å². The summed E-state index contributed by atoms with van der Waals surface area (Å²) in [6.45, 7) is 9.53. The molecule has 0 saturated carbocycles. The Morgan fingerprint density at radius 1 is 0.438 bits per heavy atom. The molecular formula is C56H50N4O3S. The fraction of sp³-hybridized carbons (Fsp3) is 0.161. The summed E-state index contributed by atoms with van der Waals surface area (Å²) in [5.41, 5.74) is 13.3. The first-order valence-corrected chi connectivity index (χ1v) is 23.9. The first-order chi connectivity index (χ1) is 31.2. The summed E-state index contributed by atoms with van der Waals surface area (Å²) in [6, 6.07) is 49.8. The fourth-order valence-electron chi connectivity index (χ4n) is 9.82. The van der Waals surface area contributed by atoms with Gasteiger partial charge in [-0.2, -0.15) is 4.57 Å². The quantitative estimate of drug-likeness (QED) is 0.0856. The second-order valence-corrected chi connectivity index (χ2v) is 18.0. The first-order valence-electron chi connectivity index (χ1n) is 22.3. The highest BCUT2D eigenvalue weighted by molar-refractivity contribution is 7.85. The van der Waals surface area contributed by atoms with Crippen molar-refractivity contribution in [2.24, 2.45) is 0 Å². The van der Waals surface area contributed by atoms with Crippen LogP contribution >= 0.6 is 0 Å². The van der Waals surface area contributed by atoms with Gasteiger partial charge in [-0.1, -0.05) is 84.9 Å². The average Bonchev–Trinajstić information content (AvgIpc) is 3.93. The summed E-state index contributed by atoms with van der Waals surface area (Å²) in [6.07, 6.45) is 13.0. The number of nitrogens with zero attached hydrogens (tertiary/aromatic N) is 4.